The number of carboxylic acid groups (broad SMARTS) is 1. The topological polar surface area (TPSA) is 70.4 Å². The molecular formula is C28H26N4O2S. The summed E-state index contributed by atoms with van der Waals surface area (Å²) in [6.07, 6.45) is 1.81. The van der Waals surface area contributed by atoms with E-state index in [4.69, 9.17) is 12.2 Å². The Morgan fingerprint density at radius 1 is 1.03 bits per heavy atom. The highest BCUT2D eigenvalue weighted by molar-refractivity contribution is 7.80. The van der Waals surface area contributed by atoms with Crippen LogP contribution in [-0.4, -0.2) is 30.6 Å². The number of nitrogens with one attached hydrogen (secondary N) is 1. The molecule has 2 N–H and O–H groups in total. The molecule has 2 aromatic heterocycles. The molecule has 0 saturated carbocycles. The summed E-state index contributed by atoms with van der Waals surface area (Å²) in [6, 6.07) is 25.3. The van der Waals surface area contributed by atoms with Gasteiger partial charge in [-0.15, -0.1) is 0 Å². The summed E-state index contributed by atoms with van der Waals surface area (Å²) in [4.78, 5) is 18.2. The monoisotopic (exact) mass is 482 g/mol. The first-order valence-electron chi connectivity index (χ1n) is 11.5. The van der Waals surface area contributed by atoms with Crippen molar-refractivity contribution < 1.29 is 9.90 Å². The number of hydrogen-bond acceptors (Lipinski definition) is 3. The second-order valence-electron chi connectivity index (χ2n) is 8.75. The van der Waals surface area contributed by atoms with E-state index in [1.165, 1.54) is 5.56 Å². The molecule has 4 aromatic rings. The molecule has 5 rings (SSSR count). The molecule has 2 unspecified atom stereocenters. The number of aromatic carboxylic acids is 1. The molecule has 176 valence electrons. The van der Waals surface area contributed by atoms with Crippen molar-refractivity contribution in [2.24, 2.45) is 0 Å². The summed E-state index contributed by atoms with van der Waals surface area (Å²) in [5.41, 5.74) is 6.62. The van der Waals surface area contributed by atoms with E-state index in [0.717, 1.165) is 28.3 Å². The lowest BCUT2D eigenvalue weighted by atomic mass is 9.96. The van der Waals surface area contributed by atoms with Gasteiger partial charge in [-0.1, -0.05) is 36.4 Å². The van der Waals surface area contributed by atoms with Gasteiger partial charge in [0.15, 0.2) is 5.11 Å². The van der Waals surface area contributed by atoms with E-state index in [-0.39, 0.29) is 17.6 Å². The molecule has 1 fully saturated rings. The van der Waals surface area contributed by atoms with E-state index in [0.29, 0.717) is 11.7 Å². The smallest absolute Gasteiger partial charge is 0.335 e. The number of carbonyl (C=O) groups is 1. The van der Waals surface area contributed by atoms with Crippen LogP contribution < -0.4 is 5.32 Å². The van der Waals surface area contributed by atoms with Gasteiger partial charge in [0.2, 0.25) is 0 Å². The first kappa shape index (κ1) is 22.8. The van der Waals surface area contributed by atoms with Crippen LogP contribution >= 0.6 is 12.2 Å². The highest BCUT2D eigenvalue weighted by Gasteiger charge is 2.41. The van der Waals surface area contributed by atoms with Gasteiger partial charge in [-0.2, -0.15) is 0 Å². The Balaban J connectivity index is 1.60. The number of hydrogen-bond donors (Lipinski definition) is 2. The highest BCUT2D eigenvalue weighted by Crippen LogP contribution is 2.42. The van der Waals surface area contributed by atoms with Gasteiger partial charge in [-0.25, -0.2) is 4.79 Å². The molecule has 35 heavy (non-hydrogen) atoms. The number of nitrogens with zero attached hydrogens (tertiary/aromatic N) is 3. The van der Waals surface area contributed by atoms with Crippen LogP contribution in [0.4, 0.5) is 0 Å². The second kappa shape index (κ2) is 9.35. The molecule has 6 nitrogen and oxygen atoms in total. The Hall–Kier alpha value is -3.97. The first-order valence-corrected chi connectivity index (χ1v) is 11.9. The summed E-state index contributed by atoms with van der Waals surface area (Å²) in [5, 5.41) is 13.5. The summed E-state index contributed by atoms with van der Waals surface area (Å²) >= 11 is 5.83. The van der Waals surface area contributed by atoms with Crippen LogP contribution in [0.2, 0.25) is 0 Å². The predicted molar refractivity (Wildman–Crippen MR) is 140 cm³/mol. The first-order chi connectivity index (χ1) is 16.9. The molecular weight excluding hydrogens is 456 g/mol. The number of carboxylic acids is 1. The molecule has 1 aliphatic rings. The zero-order chi connectivity index (χ0) is 24.5. The van der Waals surface area contributed by atoms with E-state index in [2.05, 4.69) is 51.8 Å². The van der Waals surface area contributed by atoms with Crippen LogP contribution in [0.1, 0.15) is 50.7 Å². The molecule has 0 aliphatic carbocycles. The van der Waals surface area contributed by atoms with Crippen LogP contribution in [0.25, 0.3) is 5.69 Å². The minimum Gasteiger partial charge on any atom is -0.478 e. The SMILES string of the molecule is Cc1cc(C2C(c3ccccn3)NC(=S)N2Cc2ccccc2)c(C)n1-c1ccc(C(=O)O)cc1. The highest BCUT2D eigenvalue weighted by atomic mass is 32.1. The maximum atomic E-state index is 11.3. The van der Waals surface area contributed by atoms with Gasteiger partial charge in [-0.3, -0.25) is 4.98 Å². The lowest BCUT2D eigenvalue weighted by molar-refractivity contribution is 0.0697. The Morgan fingerprint density at radius 3 is 2.40 bits per heavy atom. The zero-order valence-electron chi connectivity index (χ0n) is 19.6. The van der Waals surface area contributed by atoms with Crippen molar-refractivity contribution in [2.45, 2.75) is 32.5 Å². The van der Waals surface area contributed by atoms with Crippen molar-refractivity contribution in [3.63, 3.8) is 0 Å². The van der Waals surface area contributed by atoms with Gasteiger partial charge in [0.1, 0.15) is 0 Å². The Bertz CT molecular complexity index is 1370. The van der Waals surface area contributed by atoms with E-state index in [1.54, 1.807) is 12.1 Å². The van der Waals surface area contributed by atoms with E-state index in [9.17, 15) is 9.90 Å². The van der Waals surface area contributed by atoms with E-state index < -0.39 is 5.97 Å². The Kier molecular flexibility index (Phi) is 6.09. The minimum atomic E-state index is -0.932. The third-order valence-corrected chi connectivity index (χ3v) is 6.91. The molecule has 2 aromatic carbocycles. The van der Waals surface area contributed by atoms with Crippen molar-refractivity contribution in [1.82, 2.24) is 19.8 Å². The number of thiocarbonyl (C=S) groups is 1. The molecule has 0 spiro atoms. The third kappa shape index (κ3) is 4.31. The zero-order valence-corrected chi connectivity index (χ0v) is 20.4. The molecule has 3 heterocycles. The lowest BCUT2D eigenvalue weighted by Gasteiger charge is -2.28. The number of benzene rings is 2. The van der Waals surface area contributed by atoms with Crippen LogP contribution in [0.15, 0.2) is 85.1 Å². The fourth-order valence-corrected chi connectivity index (χ4v) is 5.24. The largest absolute Gasteiger partial charge is 0.478 e. The van der Waals surface area contributed by atoms with E-state index in [1.807, 2.05) is 54.7 Å². The second-order valence-corrected chi connectivity index (χ2v) is 9.14. The average molecular weight is 483 g/mol. The molecule has 0 bridgehead atoms. The van der Waals surface area contributed by atoms with E-state index >= 15 is 0 Å². The molecule has 0 amide bonds. The number of rotatable bonds is 6. The van der Waals surface area contributed by atoms with Gasteiger partial charge in [0.25, 0.3) is 0 Å². The van der Waals surface area contributed by atoms with Crippen molar-refractivity contribution in [3.8, 4) is 5.69 Å². The van der Waals surface area contributed by atoms with Gasteiger partial charge >= 0.3 is 5.97 Å². The van der Waals surface area contributed by atoms with Crippen LogP contribution in [0.3, 0.4) is 0 Å². The average Bonchev–Trinajstić information content (AvgIpc) is 3.35. The predicted octanol–water partition coefficient (Wildman–Crippen LogP) is 5.36. The van der Waals surface area contributed by atoms with Crippen LogP contribution in [0.5, 0.6) is 0 Å². The molecule has 2 atom stereocenters. The number of pyridine rings is 1. The van der Waals surface area contributed by atoms with Gasteiger partial charge in [0.05, 0.1) is 23.3 Å². The summed E-state index contributed by atoms with van der Waals surface area (Å²) < 4.78 is 2.17. The van der Waals surface area contributed by atoms with Gasteiger partial charge in [-0.05, 0) is 79.7 Å². The van der Waals surface area contributed by atoms with Gasteiger partial charge in [0, 0.05) is 29.8 Å². The minimum absolute atomic E-state index is 0.0594. The Labute approximate surface area is 209 Å². The molecule has 1 saturated heterocycles. The molecule has 7 heteroatoms. The Morgan fingerprint density at radius 2 is 1.74 bits per heavy atom. The molecule has 1 aliphatic heterocycles. The van der Waals surface area contributed by atoms with Crippen LogP contribution in [0, 0.1) is 13.8 Å². The number of aryl methyl sites for hydroxylation is 1. The normalized spacial score (nSPS) is 17.4. The quantitative estimate of drug-likeness (QED) is 0.361. The molecule has 0 radical (unpaired) electrons. The maximum absolute atomic E-state index is 11.3. The van der Waals surface area contributed by atoms with Crippen LogP contribution in [-0.2, 0) is 6.54 Å². The fraction of sp³-hybridized carbons (Fsp3) is 0.179. The summed E-state index contributed by atoms with van der Waals surface area (Å²) in [7, 11) is 0. The van der Waals surface area contributed by atoms with Crippen molar-refractivity contribution in [1.29, 1.82) is 0 Å². The van der Waals surface area contributed by atoms with Gasteiger partial charge < -0.3 is 19.9 Å². The fourth-order valence-electron chi connectivity index (χ4n) is 4.93. The standard InChI is InChI=1S/C28H26N4O2S/c1-18-16-23(19(2)32(18)22-13-11-21(12-14-22)27(33)34)26-25(24-10-6-7-15-29-24)30-28(35)31(26)17-20-8-4-3-5-9-20/h3-16,25-26H,17H2,1-2H3,(H,30,35)(H,33,34). The van der Waals surface area contributed by atoms with Crippen molar-refractivity contribution >= 4 is 23.3 Å². The van der Waals surface area contributed by atoms with Crippen molar-refractivity contribution in [3.05, 3.63) is 119 Å². The lowest BCUT2D eigenvalue weighted by Crippen LogP contribution is -2.29. The number of aromatic nitrogens is 2. The maximum Gasteiger partial charge on any atom is 0.335 e. The van der Waals surface area contributed by atoms with Crippen molar-refractivity contribution in [2.75, 3.05) is 0 Å². The summed E-state index contributed by atoms with van der Waals surface area (Å²) in [6.45, 7) is 4.85. The summed E-state index contributed by atoms with van der Waals surface area (Å²) in [5.74, 6) is -0.932. The third-order valence-electron chi connectivity index (χ3n) is 6.55.